The molecular formula is C19H20N2O4. The van der Waals surface area contributed by atoms with E-state index in [-0.39, 0.29) is 24.6 Å². The number of Topliss-reactive ketones (excluding diaryl/α,β-unsaturated/α-hetero) is 1. The van der Waals surface area contributed by atoms with Crippen molar-refractivity contribution in [3.05, 3.63) is 64.6 Å². The summed E-state index contributed by atoms with van der Waals surface area (Å²) in [6, 6.07) is 14.2. The van der Waals surface area contributed by atoms with E-state index in [0.717, 1.165) is 11.0 Å². The number of nitrogens with zero attached hydrogens (tertiary/aromatic N) is 2. The third-order valence-corrected chi connectivity index (χ3v) is 4.13. The molecule has 0 bridgehead atoms. The second-order valence-electron chi connectivity index (χ2n) is 5.99. The number of aryl methyl sites for hydroxylation is 1. The van der Waals surface area contributed by atoms with Crippen LogP contribution in [0.3, 0.4) is 0 Å². The Bertz CT molecular complexity index is 971. The lowest BCUT2D eigenvalue weighted by molar-refractivity contribution is 0.0923. The summed E-state index contributed by atoms with van der Waals surface area (Å²) in [6.45, 7) is 1.64. The summed E-state index contributed by atoms with van der Waals surface area (Å²) in [7, 11) is 1.71. The SMILES string of the molecule is CC(=O)c1cccc(OC[C@H](O)Cn2c(=O)n(C)c3ccccc32)c1. The summed E-state index contributed by atoms with van der Waals surface area (Å²) < 4.78 is 8.66. The third-order valence-electron chi connectivity index (χ3n) is 4.13. The highest BCUT2D eigenvalue weighted by Gasteiger charge is 2.14. The molecule has 0 spiro atoms. The molecule has 3 rings (SSSR count). The number of carbonyl (C=O) groups is 1. The predicted octanol–water partition coefficient (Wildman–Crippen LogP) is 1.98. The smallest absolute Gasteiger partial charge is 0.328 e. The monoisotopic (exact) mass is 340 g/mol. The Hall–Kier alpha value is -2.86. The third kappa shape index (κ3) is 3.49. The van der Waals surface area contributed by atoms with Crippen molar-refractivity contribution in [1.29, 1.82) is 0 Å². The summed E-state index contributed by atoms with van der Waals surface area (Å²) in [6.07, 6.45) is -0.857. The molecule has 130 valence electrons. The summed E-state index contributed by atoms with van der Waals surface area (Å²) in [5, 5.41) is 10.3. The van der Waals surface area contributed by atoms with E-state index in [9.17, 15) is 14.7 Å². The van der Waals surface area contributed by atoms with Gasteiger partial charge in [0.25, 0.3) is 0 Å². The molecule has 1 aromatic heterocycles. The van der Waals surface area contributed by atoms with Gasteiger partial charge < -0.3 is 9.84 Å². The molecule has 0 radical (unpaired) electrons. The summed E-state index contributed by atoms with van der Waals surface area (Å²) in [5.41, 5.74) is 1.96. The van der Waals surface area contributed by atoms with Crippen LogP contribution in [-0.2, 0) is 13.6 Å². The van der Waals surface area contributed by atoms with Crippen LogP contribution >= 0.6 is 0 Å². The molecule has 2 aromatic carbocycles. The van der Waals surface area contributed by atoms with Gasteiger partial charge in [-0.05, 0) is 31.2 Å². The maximum atomic E-state index is 12.4. The highest BCUT2D eigenvalue weighted by atomic mass is 16.5. The van der Waals surface area contributed by atoms with Crippen LogP contribution in [0.5, 0.6) is 5.75 Å². The molecule has 0 saturated carbocycles. The Morgan fingerprint density at radius 2 is 1.88 bits per heavy atom. The van der Waals surface area contributed by atoms with Gasteiger partial charge in [-0.15, -0.1) is 0 Å². The number of aliphatic hydroxyl groups excluding tert-OH is 1. The molecule has 3 aromatic rings. The van der Waals surface area contributed by atoms with Gasteiger partial charge in [0.1, 0.15) is 18.5 Å². The number of aliphatic hydroxyl groups is 1. The van der Waals surface area contributed by atoms with E-state index in [1.165, 1.54) is 11.5 Å². The Morgan fingerprint density at radius 1 is 1.16 bits per heavy atom. The van der Waals surface area contributed by atoms with Crippen molar-refractivity contribution in [1.82, 2.24) is 9.13 Å². The van der Waals surface area contributed by atoms with Crippen LogP contribution in [0.4, 0.5) is 0 Å². The van der Waals surface area contributed by atoms with Gasteiger partial charge >= 0.3 is 5.69 Å². The zero-order valence-electron chi connectivity index (χ0n) is 14.2. The van der Waals surface area contributed by atoms with Gasteiger partial charge in [-0.25, -0.2) is 4.79 Å². The lowest BCUT2D eigenvalue weighted by Gasteiger charge is -2.13. The minimum atomic E-state index is -0.857. The van der Waals surface area contributed by atoms with Gasteiger partial charge in [0, 0.05) is 12.6 Å². The van der Waals surface area contributed by atoms with Crippen LogP contribution in [0.1, 0.15) is 17.3 Å². The van der Waals surface area contributed by atoms with E-state index < -0.39 is 6.10 Å². The molecule has 25 heavy (non-hydrogen) atoms. The summed E-state index contributed by atoms with van der Waals surface area (Å²) in [4.78, 5) is 23.7. The Labute approximate surface area is 144 Å². The standard InChI is InChI=1S/C19H20N2O4/c1-13(22)14-6-5-7-16(10-14)25-12-15(23)11-21-18-9-4-3-8-17(18)20(2)19(21)24/h3-10,15,23H,11-12H2,1-2H3/t15-/m1/s1. The first-order valence-corrected chi connectivity index (χ1v) is 8.03. The molecule has 1 heterocycles. The lowest BCUT2D eigenvalue weighted by Crippen LogP contribution is -2.30. The average molecular weight is 340 g/mol. The molecule has 0 aliphatic rings. The van der Waals surface area contributed by atoms with E-state index in [2.05, 4.69) is 0 Å². The van der Waals surface area contributed by atoms with Gasteiger partial charge in [-0.1, -0.05) is 24.3 Å². The van der Waals surface area contributed by atoms with Crippen molar-refractivity contribution < 1.29 is 14.6 Å². The molecule has 6 heteroatoms. The Balaban J connectivity index is 1.72. The number of hydrogen-bond donors (Lipinski definition) is 1. The molecule has 0 aliphatic carbocycles. The number of fused-ring (bicyclic) bond motifs is 1. The number of benzene rings is 2. The first-order chi connectivity index (χ1) is 12.0. The number of para-hydroxylation sites is 2. The van der Waals surface area contributed by atoms with Crippen molar-refractivity contribution in [3.63, 3.8) is 0 Å². The van der Waals surface area contributed by atoms with E-state index in [0.29, 0.717) is 11.3 Å². The molecule has 1 N–H and O–H groups in total. The molecule has 6 nitrogen and oxygen atoms in total. The molecular weight excluding hydrogens is 320 g/mol. The number of imidazole rings is 1. The number of aromatic nitrogens is 2. The molecule has 0 unspecified atom stereocenters. The van der Waals surface area contributed by atoms with Crippen molar-refractivity contribution in [2.75, 3.05) is 6.61 Å². The van der Waals surface area contributed by atoms with Crippen LogP contribution < -0.4 is 10.4 Å². The molecule has 1 atom stereocenters. The first-order valence-electron chi connectivity index (χ1n) is 8.03. The number of carbonyl (C=O) groups excluding carboxylic acids is 1. The van der Waals surface area contributed by atoms with Gasteiger partial charge in [-0.2, -0.15) is 0 Å². The van der Waals surface area contributed by atoms with Gasteiger partial charge in [0.15, 0.2) is 5.78 Å². The number of rotatable bonds is 6. The zero-order valence-corrected chi connectivity index (χ0v) is 14.2. The highest BCUT2D eigenvalue weighted by molar-refractivity contribution is 5.94. The second-order valence-corrected chi connectivity index (χ2v) is 5.99. The summed E-state index contributed by atoms with van der Waals surface area (Å²) >= 11 is 0. The van der Waals surface area contributed by atoms with E-state index in [1.807, 2.05) is 24.3 Å². The maximum absolute atomic E-state index is 12.4. The fraction of sp³-hybridized carbons (Fsp3) is 0.263. The fourth-order valence-corrected chi connectivity index (χ4v) is 2.80. The summed E-state index contributed by atoms with van der Waals surface area (Å²) in [5.74, 6) is 0.463. The fourth-order valence-electron chi connectivity index (χ4n) is 2.80. The van der Waals surface area contributed by atoms with Crippen molar-refractivity contribution in [2.45, 2.75) is 19.6 Å². The molecule has 0 aliphatic heterocycles. The zero-order chi connectivity index (χ0) is 18.0. The molecule has 0 fully saturated rings. The lowest BCUT2D eigenvalue weighted by atomic mass is 10.1. The first kappa shape index (κ1) is 17.0. The highest BCUT2D eigenvalue weighted by Crippen LogP contribution is 2.15. The normalized spacial score (nSPS) is 12.3. The van der Waals surface area contributed by atoms with Gasteiger partial charge in [0.2, 0.25) is 0 Å². The average Bonchev–Trinajstić information content (AvgIpc) is 2.85. The van der Waals surface area contributed by atoms with Crippen LogP contribution in [0.15, 0.2) is 53.3 Å². The van der Waals surface area contributed by atoms with Gasteiger partial charge in [-0.3, -0.25) is 13.9 Å². The number of hydrogen-bond acceptors (Lipinski definition) is 4. The van der Waals surface area contributed by atoms with E-state index in [4.69, 9.17) is 4.74 Å². The quantitative estimate of drug-likeness (QED) is 0.697. The van der Waals surface area contributed by atoms with Crippen LogP contribution in [0.2, 0.25) is 0 Å². The van der Waals surface area contributed by atoms with Crippen molar-refractivity contribution in [2.24, 2.45) is 7.05 Å². The molecule has 0 amide bonds. The largest absolute Gasteiger partial charge is 0.491 e. The predicted molar refractivity (Wildman–Crippen MR) is 95.1 cm³/mol. The minimum Gasteiger partial charge on any atom is -0.491 e. The maximum Gasteiger partial charge on any atom is 0.328 e. The van der Waals surface area contributed by atoms with Crippen LogP contribution in [0.25, 0.3) is 11.0 Å². The van der Waals surface area contributed by atoms with Gasteiger partial charge in [0.05, 0.1) is 17.6 Å². The molecule has 0 saturated heterocycles. The minimum absolute atomic E-state index is 0.0248. The van der Waals surface area contributed by atoms with E-state index >= 15 is 0 Å². The van der Waals surface area contributed by atoms with Crippen molar-refractivity contribution >= 4 is 16.8 Å². The second kappa shape index (κ2) is 6.94. The van der Waals surface area contributed by atoms with Crippen molar-refractivity contribution in [3.8, 4) is 5.75 Å². The van der Waals surface area contributed by atoms with Crippen LogP contribution in [0, 0.1) is 0 Å². The Kier molecular flexibility index (Phi) is 4.72. The topological polar surface area (TPSA) is 73.5 Å². The van der Waals surface area contributed by atoms with E-state index in [1.54, 1.807) is 35.9 Å². The number of ether oxygens (including phenoxy) is 1. The Morgan fingerprint density at radius 3 is 2.60 bits per heavy atom. The number of ketones is 1. The van der Waals surface area contributed by atoms with Crippen LogP contribution in [-0.4, -0.2) is 32.7 Å².